The van der Waals surface area contributed by atoms with E-state index in [9.17, 15) is 4.79 Å². The number of carbonyl (C=O) groups excluding carboxylic acids is 1. The van der Waals surface area contributed by atoms with Crippen molar-refractivity contribution in [1.82, 2.24) is 14.9 Å². The van der Waals surface area contributed by atoms with E-state index in [2.05, 4.69) is 15.3 Å². The van der Waals surface area contributed by atoms with Crippen LogP contribution in [0.4, 0.5) is 5.82 Å². The molecule has 3 aromatic rings. The predicted molar refractivity (Wildman–Crippen MR) is 99.0 cm³/mol. The largest absolute Gasteiger partial charge is 0.450 e. The molecule has 4 rings (SSSR count). The molecule has 7 heteroatoms. The zero-order chi connectivity index (χ0) is 18.1. The second-order valence-electron chi connectivity index (χ2n) is 6.80. The van der Waals surface area contributed by atoms with Crippen molar-refractivity contribution in [3.05, 3.63) is 30.6 Å². The van der Waals surface area contributed by atoms with Crippen molar-refractivity contribution >= 4 is 33.8 Å². The highest BCUT2D eigenvalue weighted by atomic mass is 16.5. The van der Waals surface area contributed by atoms with Gasteiger partial charge in [0.05, 0.1) is 13.2 Å². The number of fused-ring (bicyclic) bond motifs is 3. The predicted octanol–water partition coefficient (Wildman–Crippen LogP) is 2.67. The summed E-state index contributed by atoms with van der Waals surface area (Å²) in [6, 6.07) is 7.35. The van der Waals surface area contributed by atoms with Gasteiger partial charge in [0.2, 0.25) is 5.91 Å². The van der Waals surface area contributed by atoms with Crippen LogP contribution in [0.2, 0.25) is 0 Å². The molecule has 1 fully saturated rings. The van der Waals surface area contributed by atoms with E-state index in [-0.39, 0.29) is 17.9 Å². The van der Waals surface area contributed by atoms with E-state index in [4.69, 9.17) is 9.15 Å². The summed E-state index contributed by atoms with van der Waals surface area (Å²) < 4.78 is 11.3. The molecule has 1 saturated heterocycles. The van der Waals surface area contributed by atoms with Crippen LogP contribution in [0.1, 0.15) is 13.8 Å². The Bertz CT molecular complexity index is 931. The number of hydrogen-bond acceptors (Lipinski definition) is 6. The van der Waals surface area contributed by atoms with Crippen molar-refractivity contribution < 1.29 is 13.9 Å². The molecule has 2 aromatic heterocycles. The van der Waals surface area contributed by atoms with Gasteiger partial charge in [-0.1, -0.05) is 26.0 Å². The molecule has 26 heavy (non-hydrogen) atoms. The van der Waals surface area contributed by atoms with Gasteiger partial charge in [0, 0.05) is 18.5 Å². The molecule has 0 bridgehead atoms. The van der Waals surface area contributed by atoms with Gasteiger partial charge in [0.1, 0.15) is 23.5 Å². The van der Waals surface area contributed by atoms with Crippen LogP contribution in [0, 0.1) is 5.92 Å². The summed E-state index contributed by atoms with van der Waals surface area (Å²) >= 11 is 0. The third-order valence-corrected chi connectivity index (χ3v) is 4.71. The fraction of sp³-hybridized carbons (Fsp3) is 0.421. The van der Waals surface area contributed by atoms with Crippen LogP contribution in [-0.2, 0) is 9.53 Å². The third kappa shape index (κ3) is 2.99. The van der Waals surface area contributed by atoms with E-state index >= 15 is 0 Å². The maximum Gasteiger partial charge on any atom is 0.245 e. The maximum atomic E-state index is 13.0. The van der Waals surface area contributed by atoms with Crippen molar-refractivity contribution in [3.8, 4) is 0 Å². The van der Waals surface area contributed by atoms with Crippen molar-refractivity contribution in [1.29, 1.82) is 0 Å². The van der Waals surface area contributed by atoms with Crippen molar-refractivity contribution in [2.75, 3.05) is 31.6 Å². The molecule has 0 spiro atoms. The number of para-hydroxylation sites is 1. The highest BCUT2D eigenvalue weighted by Crippen LogP contribution is 2.31. The first-order chi connectivity index (χ1) is 12.6. The monoisotopic (exact) mass is 354 g/mol. The lowest BCUT2D eigenvalue weighted by Crippen LogP contribution is -2.49. The Morgan fingerprint density at radius 3 is 2.73 bits per heavy atom. The minimum Gasteiger partial charge on any atom is -0.450 e. The molecular weight excluding hydrogens is 332 g/mol. The van der Waals surface area contributed by atoms with Gasteiger partial charge in [-0.05, 0) is 18.1 Å². The number of nitrogens with one attached hydrogen (secondary N) is 1. The summed E-state index contributed by atoms with van der Waals surface area (Å²) in [6.45, 7) is 6.44. The van der Waals surface area contributed by atoms with Gasteiger partial charge in [-0.25, -0.2) is 9.97 Å². The molecule has 136 valence electrons. The van der Waals surface area contributed by atoms with Gasteiger partial charge in [0.15, 0.2) is 11.4 Å². The number of nitrogens with zero attached hydrogens (tertiary/aromatic N) is 3. The third-order valence-electron chi connectivity index (χ3n) is 4.71. The molecule has 1 amide bonds. The summed E-state index contributed by atoms with van der Waals surface area (Å²) in [5.74, 6) is 0.706. The molecule has 1 N–H and O–H groups in total. The van der Waals surface area contributed by atoms with Gasteiger partial charge in [-0.3, -0.25) is 4.79 Å². The van der Waals surface area contributed by atoms with Gasteiger partial charge in [-0.15, -0.1) is 0 Å². The van der Waals surface area contributed by atoms with E-state index < -0.39 is 0 Å². The second-order valence-corrected chi connectivity index (χ2v) is 6.80. The lowest BCUT2D eigenvalue weighted by atomic mass is 10.0. The smallest absolute Gasteiger partial charge is 0.245 e. The Hall–Kier alpha value is -2.67. The molecular formula is C19H22N4O3. The molecule has 1 aliphatic rings. The molecule has 0 aliphatic carbocycles. The zero-order valence-corrected chi connectivity index (χ0v) is 14.9. The molecule has 3 heterocycles. The second kappa shape index (κ2) is 6.92. The number of rotatable bonds is 4. The van der Waals surface area contributed by atoms with Crippen LogP contribution in [0.25, 0.3) is 22.1 Å². The lowest BCUT2D eigenvalue weighted by Gasteiger charge is -2.32. The number of furan rings is 1. The molecule has 0 radical (unpaired) electrons. The molecule has 0 saturated carbocycles. The normalized spacial score (nSPS) is 16.3. The first-order valence-electron chi connectivity index (χ1n) is 8.90. The SMILES string of the molecule is CC(C)C(Nc1ncnc2c1oc1ccccc12)C(=O)N1CCOCC1. The molecule has 1 unspecified atom stereocenters. The van der Waals surface area contributed by atoms with Crippen LogP contribution in [0.15, 0.2) is 35.0 Å². The molecule has 7 nitrogen and oxygen atoms in total. The van der Waals surface area contributed by atoms with E-state index in [0.717, 1.165) is 16.5 Å². The maximum absolute atomic E-state index is 13.0. The number of ether oxygens (including phenoxy) is 1. The summed E-state index contributed by atoms with van der Waals surface area (Å²) in [7, 11) is 0. The van der Waals surface area contributed by atoms with Crippen molar-refractivity contribution in [2.45, 2.75) is 19.9 Å². The first kappa shape index (κ1) is 16.8. The minimum absolute atomic E-state index is 0.0613. The van der Waals surface area contributed by atoms with Crippen molar-refractivity contribution in [2.24, 2.45) is 5.92 Å². The number of carbonyl (C=O) groups is 1. The Morgan fingerprint density at radius 1 is 1.19 bits per heavy atom. The van der Waals surface area contributed by atoms with Crippen LogP contribution >= 0.6 is 0 Å². The van der Waals surface area contributed by atoms with E-state index in [0.29, 0.717) is 37.7 Å². The summed E-state index contributed by atoms with van der Waals surface area (Å²) in [5.41, 5.74) is 2.08. The zero-order valence-electron chi connectivity index (χ0n) is 14.9. The quantitative estimate of drug-likeness (QED) is 0.776. The van der Waals surface area contributed by atoms with Crippen molar-refractivity contribution in [3.63, 3.8) is 0 Å². The number of aromatic nitrogens is 2. The summed E-state index contributed by atoms with van der Waals surface area (Å²) in [6.07, 6.45) is 1.50. The minimum atomic E-state index is -0.389. The number of hydrogen-bond donors (Lipinski definition) is 1. The van der Waals surface area contributed by atoms with E-state index in [1.54, 1.807) is 0 Å². The summed E-state index contributed by atoms with van der Waals surface area (Å²) in [4.78, 5) is 23.5. The van der Waals surface area contributed by atoms with Gasteiger partial charge < -0.3 is 19.4 Å². The Kier molecular flexibility index (Phi) is 4.46. The van der Waals surface area contributed by atoms with E-state index in [1.165, 1.54) is 6.33 Å². The first-order valence-corrected chi connectivity index (χ1v) is 8.90. The van der Waals surface area contributed by atoms with Gasteiger partial charge in [-0.2, -0.15) is 0 Å². The fourth-order valence-electron chi connectivity index (χ4n) is 3.27. The highest BCUT2D eigenvalue weighted by Gasteiger charge is 2.29. The standard InChI is InChI=1S/C19H22N4O3/c1-12(2)15(19(24)23-7-9-25-10-8-23)22-18-17-16(20-11-21-18)13-5-3-4-6-14(13)26-17/h3-6,11-12,15H,7-10H2,1-2H3,(H,20,21,22). The van der Waals surface area contributed by atoms with Gasteiger partial charge >= 0.3 is 0 Å². The Labute approximate surface area is 151 Å². The molecule has 1 atom stereocenters. The highest BCUT2D eigenvalue weighted by molar-refractivity contribution is 6.05. The van der Waals surface area contributed by atoms with Crippen LogP contribution in [0.5, 0.6) is 0 Å². The topological polar surface area (TPSA) is 80.5 Å². The lowest BCUT2D eigenvalue weighted by molar-refractivity contribution is -0.137. The number of anilines is 1. The molecule has 1 aliphatic heterocycles. The van der Waals surface area contributed by atoms with Crippen LogP contribution < -0.4 is 5.32 Å². The van der Waals surface area contributed by atoms with Gasteiger partial charge in [0.25, 0.3) is 0 Å². The fourth-order valence-corrected chi connectivity index (χ4v) is 3.27. The Balaban J connectivity index is 1.68. The average molecular weight is 354 g/mol. The Morgan fingerprint density at radius 2 is 1.96 bits per heavy atom. The number of benzene rings is 1. The summed E-state index contributed by atoms with van der Waals surface area (Å²) in [5, 5.41) is 4.24. The molecule has 1 aromatic carbocycles. The van der Waals surface area contributed by atoms with E-state index in [1.807, 2.05) is 43.0 Å². The number of amides is 1. The average Bonchev–Trinajstić information content (AvgIpc) is 3.05. The van der Waals surface area contributed by atoms with Crippen LogP contribution in [0.3, 0.4) is 0 Å². The van der Waals surface area contributed by atoms with Crippen LogP contribution in [-0.4, -0.2) is 53.1 Å². The number of morpholine rings is 1.